The first-order chi connectivity index (χ1) is 8.18. The summed E-state index contributed by atoms with van der Waals surface area (Å²) in [5.41, 5.74) is 6.08. The molecule has 2 unspecified atom stereocenters. The van der Waals surface area contributed by atoms with Crippen LogP contribution in [0.15, 0.2) is 0 Å². The van der Waals surface area contributed by atoms with Gasteiger partial charge in [-0.25, -0.2) is 0 Å². The normalized spacial score (nSPS) is 27.4. The molecule has 1 amide bonds. The Kier molecular flexibility index (Phi) is 6.35. The van der Waals surface area contributed by atoms with Crippen LogP contribution in [0.25, 0.3) is 0 Å². The number of hydrogen-bond donors (Lipinski definition) is 1. The summed E-state index contributed by atoms with van der Waals surface area (Å²) in [6, 6.07) is -0.371. The summed E-state index contributed by atoms with van der Waals surface area (Å²) in [6.45, 7) is 5.39. The zero-order chi connectivity index (χ0) is 12.3. The number of halogens is 1. The van der Waals surface area contributed by atoms with Crippen LogP contribution in [0.3, 0.4) is 0 Å². The summed E-state index contributed by atoms with van der Waals surface area (Å²) in [4.78, 5) is 14.1. The number of carbonyl (C=O) groups excluding carboxylic acids is 1. The fourth-order valence-electron chi connectivity index (χ4n) is 2.51. The number of morpholine rings is 1. The molecule has 2 saturated heterocycles. The van der Waals surface area contributed by atoms with E-state index in [1.165, 1.54) is 0 Å². The van der Waals surface area contributed by atoms with Gasteiger partial charge in [-0.05, 0) is 25.7 Å². The van der Waals surface area contributed by atoms with Crippen molar-refractivity contribution in [3.63, 3.8) is 0 Å². The van der Waals surface area contributed by atoms with Gasteiger partial charge in [0, 0.05) is 26.3 Å². The van der Waals surface area contributed by atoms with Crippen molar-refractivity contribution in [2.24, 2.45) is 11.7 Å². The Bertz CT molecular complexity index is 272. The number of hydrogen-bond acceptors (Lipinski definition) is 4. The third kappa shape index (κ3) is 3.82. The quantitative estimate of drug-likeness (QED) is 0.795. The molecule has 2 aliphatic rings. The van der Waals surface area contributed by atoms with Gasteiger partial charge in [0.2, 0.25) is 5.91 Å². The Morgan fingerprint density at radius 3 is 2.61 bits per heavy atom. The van der Waals surface area contributed by atoms with E-state index in [4.69, 9.17) is 15.2 Å². The lowest BCUT2D eigenvalue weighted by atomic mass is 9.91. The second-order valence-electron chi connectivity index (χ2n) is 4.94. The number of carbonyl (C=O) groups is 1. The van der Waals surface area contributed by atoms with Gasteiger partial charge in [-0.1, -0.05) is 0 Å². The first-order valence-corrected chi connectivity index (χ1v) is 6.42. The van der Waals surface area contributed by atoms with Crippen molar-refractivity contribution in [3.8, 4) is 0 Å². The minimum atomic E-state index is -0.371. The van der Waals surface area contributed by atoms with Gasteiger partial charge in [-0.2, -0.15) is 0 Å². The van der Waals surface area contributed by atoms with Crippen LogP contribution in [-0.2, 0) is 14.3 Å². The average Bonchev–Trinajstić information content (AvgIpc) is 2.38. The Morgan fingerprint density at radius 1 is 1.33 bits per heavy atom. The van der Waals surface area contributed by atoms with Crippen LogP contribution in [0.2, 0.25) is 0 Å². The standard InChI is InChI=1S/C12H22N2O3.ClH/c1-9-8-14(4-7-17-9)12(15)11(13)10-2-5-16-6-3-10;/h9-11H,2-8,13H2,1H3;1H. The molecule has 5 nitrogen and oxygen atoms in total. The molecule has 0 aromatic carbocycles. The minimum Gasteiger partial charge on any atom is -0.381 e. The molecule has 2 heterocycles. The smallest absolute Gasteiger partial charge is 0.239 e. The van der Waals surface area contributed by atoms with Crippen LogP contribution in [0.1, 0.15) is 19.8 Å². The molecule has 0 aliphatic carbocycles. The predicted molar refractivity (Wildman–Crippen MR) is 70.8 cm³/mol. The number of ether oxygens (including phenoxy) is 2. The molecule has 0 radical (unpaired) electrons. The molecular weight excluding hydrogens is 256 g/mol. The predicted octanol–water partition coefficient (Wildman–Crippen LogP) is 0.409. The lowest BCUT2D eigenvalue weighted by molar-refractivity contribution is -0.141. The molecule has 2 aliphatic heterocycles. The molecule has 0 aromatic rings. The van der Waals surface area contributed by atoms with Crippen LogP contribution in [0.5, 0.6) is 0 Å². The van der Waals surface area contributed by atoms with Crippen molar-refractivity contribution in [1.82, 2.24) is 4.90 Å². The first-order valence-electron chi connectivity index (χ1n) is 6.42. The van der Waals surface area contributed by atoms with Gasteiger partial charge in [0.15, 0.2) is 0 Å². The second-order valence-corrected chi connectivity index (χ2v) is 4.94. The molecule has 18 heavy (non-hydrogen) atoms. The van der Waals surface area contributed by atoms with Gasteiger partial charge >= 0.3 is 0 Å². The van der Waals surface area contributed by atoms with Crippen LogP contribution in [-0.4, -0.2) is 55.9 Å². The van der Waals surface area contributed by atoms with E-state index >= 15 is 0 Å². The molecular formula is C12H23ClN2O3. The largest absolute Gasteiger partial charge is 0.381 e. The maximum atomic E-state index is 12.2. The molecule has 2 fully saturated rings. The van der Waals surface area contributed by atoms with E-state index in [1.807, 2.05) is 11.8 Å². The van der Waals surface area contributed by atoms with Crippen LogP contribution in [0.4, 0.5) is 0 Å². The van der Waals surface area contributed by atoms with Gasteiger partial charge in [0.1, 0.15) is 0 Å². The monoisotopic (exact) mass is 278 g/mol. The van der Waals surface area contributed by atoms with Crippen molar-refractivity contribution in [2.45, 2.75) is 31.9 Å². The average molecular weight is 279 g/mol. The van der Waals surface area contributed by atoms with E-state index in [1.54, 1.807) is 0 Å². The maximum absolute atomic E-state index is 12.2. The Balaban J connectivity index is 0.00000162. The number of nitrogens with zero attached hydrogens (tertiary/aromatic N) is 1. The van der Waals surface area contributed by atoms with Gasteiger partial charge in [0.25, 0.3) is 0 Å². The highest BCUT2D eigenvalue weighted by Crippen LogP contribution is 2.19. The number of nitrogens with two attached hydrogens (primary N) is 1. The van der Waals surface area contributed by atoms with Crippen molar-refractivity contribution in [1.29, 1.82) is 0 Å². The fourth-order valence-corrected chi connectivity index (χ4v) is 2.51. The van der Waals surface area contributed by atoms with Crippen LogP contribution in [0, 0.1) is 5.92 Å². The number of rotatable bonds is 2. The van der Waals surface area contributed by atoms with E-state index in [0.717, 1.165) is 26.1 Å². The highest BCUT2D eigenvalue weighted by Gasteiger charge is 2.31. The summed E-state index contributed by atoms with van der Waals surface area (Å²) < 4.78 is 10.7. The summed E-state index contributed by atoms with van der Waals surface area (Å²) in [7, 11) is 0. The van der Waals surface area contributed by atoms with Gasteiger partial charge in [-0.3, -0.25) is 4.79 Å². The van der Waals surface area contributed by atoms with Gasteiger partial charge in [-0.15, -0.1) is 12.4 Å². The maximum Gasteiger partial charge on any atom is 0.239 e. The van der Waals surface area contributed by atoms with Crippen molar-refractivity contribution in [3.05, 3.63) is 0 Å². The lowest BCUT2D eigenvalue weighted by Gasteiger charge is -2.35. The molecule has 6 heteroatoms. The highest BCUT2D eigenvalue weighted by atomic mass is 35.5. The van der Waals surface area contributed by atoms with E-state index in [9.17, 15) is 4.79 Å². The molecule has 0 saturated carbocycles. The van der Waals surface area contributed by atoms with E-state index in [-0.39, 0.29) is 36.4 Å². The Hall–Kier alpha value is -0.360. The zero-order valence-electron chi connectivity index (χ0n) is 10.8. The van der Waals surface area contributed by atoms with Gasteiger partial charge < -0.3 is 20.1 Å². The van der Waals surface area contributed by atoms with Crippen LogP contribution >= 0.6 is 12.4 Å². The molecule has 2 rings (SSSR count). The zero-order valence-corrected chi connectivity index (χ0v) is 11.7. The SMILES string of the molecule is CC1CN(C(=O)C(N)C2CCOCC2)CCO1.Cl. The summed E-state index contributed by atoms with van der Waals surface area (Å²) in [5, 5.41) is 0. The summed E-state index contributed by atoms with van der Waals surface area (Å²) >= 11 is 0. The number of amides is 1. The van der Waals surface area contributed by atoms with E-state index in [2.05, 4.69) is 0 Å². The molecule has 2 atom stereocenters. The second kappa shape index (κ2) is 7.28. The molecule has 0 spiro atoms. The van der Waals surface area contributed by atoms with Crippen molar-refractivity contribution in [2.75, 3.05) is 32.9 Å². The lowest BCUT2D eigenvalue weighted by Crippen LogP contribution is -2.53. The highest BCUT2D eigenvalue weighted by molar-refractivity contribution is 5.85. The Labute approximate surface area is 114 Å². The van der Waals surface area contributed by atoms with Gasteiger partial charge in [0.05, 0.1) is 18.8 Å². The van der Waals surface area contributed by atoms with E-state index in [0.29, 0.717) is 19.7 Å². The topological polar surface area (TPSA) is 64.8 Å². The first kappa shape index (κ1) is 15.7. The minimum absolute atomic E-state index is 0. The van der Waals surface area contributed by atoms with Crippen molar-refractivity contribution >= 4 is 18.3 Å². The molecule has 0 aromatic heterocycles. The molecule has 0 bridgehead atoms. The van der Waals surface area contributed by atoms with E-state index < -0.39 is 0 Å². The van der Waals surface area contributed by atoms with Crippen LogP contribution < -0.4 is 5.73 Å². The summed E-state index contributed by atoms with van der Waals surface area (Å²) in [5.74, 6) is 0.349. The fraction of sp³-hybridized carbons (Fsp3) is 0.917. The molecule has 106 valence electrons. The molecule has 2 N–H and O–H groups in total. The Morgan fingerprint density at radius 2 is 2.00 bits per heavy atom. The summed E-state index contributed by atoms with van der Waals surface area (Å²) in [6.07, 6.45) is 1.91. The third-order valence-electron chi connectivity index (χ3n) is 3.61. The third-order valence-corrected chi connectivity index (χ3v) is 3.61. The van der Waals surface area contributed by atoms with Crippen molar-refractivity contribution < 1.29 is 14.3 Å².